The molecule has 6 heteroatoms. The third-order valence-corrected chi connectivity index (χ3v) is 4.87. The van der Waals surface area contributed by atoms with Gasteiger partial charge in [0.15, 0.2) is 0 Å². The van der Waals surface area contributed by atoms with Crippen molar-refractivity contribution in [3.05, 3.63) is 53.6 Å². The molecule has 1 unspecified atom stereocenters. The van der Waals surface area contributed by atoms with Gasteiger partial charge in [0.1, 0.15) is 5.75 Å². The molecule has 0 saturated heterocycles. The van der Waals surface area contributed by atoms with Gasteiger partial charge in [-0.1, -0.05) is 24.3 Å². The lowest BCUT2D eigenvalue weighted by Crippen LogP contribution is -2.35. The molecular weight excluding hydrogens is 356 g/mol. The van der Waals surface area contributed by atoms with Crippen molar-refractivity contribution in [2.75, 3.05) is 41.9 Å². The summed E-state index contributed by atoms with van der Waals surface area (Å²) >= 11 is 0. The summed E-state index contributed by atoms with van der Waals surface area (Å²) in [5.74, 6) is 0.434. The van der Waals surface area contributed by atoms with Crippen LogP contribution in [0, 0.1) is 0 Å². The van der Waals surface area contributed by atoms with Crippen LogP contribution in [-0.4, -0.2) is 63.6 Å². The van der Waals surface area contributed by atoms with Gasteiger partial charge < -0.3 is 14.4 Å². The number of rotatable bonds is 7. The van der Waals surface area contributed by atoms with E-state index in [0.29, 0.717) is 12.1 Å². The summed E-state index contributed by atoms with van der Waals surface area (Å²) < 4.78 is 10.3. The highest BCUT2D eigenvalue weighted by Gasteiger charge is 2.18. The van der Waals surface area contributed by atoms with Crippen LogP contribution in [0.1, 0.15) is 28.9 Å². The van der Waals surface area contributed by atoms with Gasteiger partial charge in [0.05, 0.1) is 26.3 Å². The van der Waals surface area contributed by atoms with Crippen LogP contribution in [0.15, 0.2) is 42.5 Å². The summed E-state index contributed by atoms with van der Waals surface area (Å²) in [4.78, 5) is 27.2. The number of hydrogen-bond acceptors (Lipinski definition) is 5. The maximum atomic E-state index is 12.0. The van der Waals surface area contributed by atoms with Crippen LogP contribution in [0.3, 0.4) is 0 Å². The average Bonchev–Trinajstić information content (AvgIpc) is 2.71. The summed E-state index contributed by atoms with van der Waals surface area (Å²) in [5.41, 5.74) is 3.44. The minimum atomic E-state index is -0.363. The molecule has 0 saturated carbocycles. The minimum Gasteiger partial charge on any atom is -0.496 e. The molecule has 2 rings (SSSR count). The number of hydrogen-bond donors (Lipinski definition) is 0. The zero-order chi connectivity index (χ0) is 20.8. The molecule has 0 fully saturated rings. The number of amides is 1. The van der Waals surface area contributed by atoms with Crippen molar-refractivity contribution < 1.29 is 19.1 Å². The number of methoxy groups -OCH3 is 2. The molecule has 1 atom stereocenters. The van der Waals surface area contributed by atoms with Gasteiger partial charge in [0.25, 0.3) is 0 Å². The fourth-order valence-electron chi connectivity index (χ4n) is 2.86. The zero-order valence-corrected chi connectivity index (χ0v) is 17.4. The van der Waals surface area contributed by atoms with Crippen molar-refractivity contribution in [2.45, 2.75) is 13.0 Å². The largest absolute Gasteiger partial charge is 0.496 e. The second-order valence-corrected chi connectivity index (χ2v) is 6.91. The van der Waals surface area contributed by atoms with Crippen LogP contribution in [0.4, 0.5) is 0 Å². The first kappa shape index (κ1) is 21.4. The Morgan fingerprint density at radius 2 is 1.64 bits per heavy atom. The van der Waals surface area contributed by atoms with Gasteiger partial charge in [-0.15, -0.1) is 0 Å². The molecule has 150 valence electrons. The summed E-state index contributed by atoms with van der Waals surface area (Å²) in [5, 5.41) is 0. The number of esters is 1. The third kappa shape index (κ3) is 4.89. The van der Waals surface area contributed by atoms with Gasteiger partial charge >= 0.3 is 5.97 Å². The van der Waals surface area contributed by atoms with Crippen LogP contribution in [0.2, 0.25) is 0 Å². The van der Waals surface area contributed by atoms with E-state index in [0.717, 1.165) is 22.4 Å². The molecular formula is C22H28N2O4. The van der Waals surface area contributed by atoms with Crippen LogP contribution in [0.25, 0.3) is 11.1 Å². The topological polar surface area (TPSA) is 59.1 Å². The normalized spacial score (nSPS) is 11.8. The van der Waals surface area contributed by atoms with Crippen LogP contribution < -0.4 is 4.74 Å². The molecule has 0 aromatic heterocycles. The molecule has 0 aliphatic rings. The Bertz CT molecular complexity index is 831. The molecule has 0 aliphatic carbocycles. The molecule has 6 nitrogen and oxygen atoms in total. The summed E-state index contributed by atoms with van der Waals surface area (Å²) in [6.45, 7) is 2.40. The van der Waals surface area contributed by atoms with E-state index in [2.05, 4.69) is 6.92 Å². The Labute approximate surface area is 166 Å². The Morgan fingerprint density at radius 3 is 2.18 bits per heavy atom. The van der Waals surface area contributed by atoms with E-state index in [4.69, 9.17) is 9.47 Å². The van der Waals surface area contributed by atoms with Gasteiger partial charge in [0.2, 0.25) is 5.91 Å². The Balaban J connectivity index is 2.26. The van der Waals surface area contributed by atoms with Gasteiger partial charge in [0, 0.05) is 25.7 Å². The van der Waals surface area contributed by atoms with E-state index in [1.54, 1.807) is 38.2 Å². The molecule has 2 aromatic rings. The second kappa shape index (κ2) is 9.37. The first-order valence-electron chi connectivity index (χ1n) is 9.05. The summed E-state index contributed by atoms with van der Waals surface area (Å²) in [6.07, 6.45) is 0. The predicted molar refractivity (Wildman–Crippen MR) is 110 cm³/mol. The maximum absolute atomic E-state index is 12.0. The van der Waals surface area contributed by atoms with Crippen molar-refractivity contribution in [3.63, 3.8) is 0 Å². The number of benzene rings is 2. The van der Waals surface area contributed by atoms with Crippen LogP contribution in [0.5, 0.6) is 5.75 Å². The van der Waals surface area contributed by atoms with Gasteiger partial charge in [-0.2, -0.15) is 0 Å². The molecule has 1 amide bonds. The zero-order valence-electron chi connectivity index (χ0n) is 17.4. The molecule has 28 heavy (non-hydrogen) atoms. The Kier molecular flexibility index (Phi) is 7.18. The van der Waals surface area contributed by atoms with Gasteiger partial charge in [-0.25, -0.2) is 4.79 Å². The molecule has 2 aromatic carbocycles. The van der Waals surface area contributed by atoms with E-state index >= 15 is 0 Å². The quantitative estimate of drug-likeness (QED) is 0.686. The number of ether oxygens (including phenoxy) is 2. The van der Waals surface area contributed by atoms with Crippen LogP contribution >= 0.6 is 0 Å². The summed E-state index contributed by atoms with van der Waals surface area (Å²) in [7, 11) is 8.43. The lowest BCUT2D eigenvalue weighted by atomic mass is 9.98. The highest BCUT2D eigenvalue weighted by Crippen LogP contribution is 2.33. The fourth-order valence-corrected chi connectivity index (χ4v) is 2.86. The van der Waals surface area contributed by atoms with Gasteiger partial charge in [-0.05, 0) is 43.3 Å². The number of nitrogens with zero attached hydrogens (tertiary/aromatic N) is 2. The minimum absolute atomic E-state index is 0.0496. The lowest BCUT2D eigenvalue weighted by molar-refractivity contribution is -0.130. The van der Waals surface area contributed by atoms with E-state index in [1.807, 2.05) is 42.3 Å². The fraction of sp³-hybridized carbons (Fsp3) is 0.364. The first-order chi connectivity index (χ1) is 13.3. The number of carbonyl (C=O) groups is 2. The molecule has 0 N–H and O–H groups in total. The van der Waals surface area contributed by atoms with Crippen LogP contribution in [-0.2, 0) is 9.53 Å². The highest BCUT2D eigenvalue weighted by molar-refractivity contribution is 5.90. The molecule has 0 radical (unpaired) electrons. The van der Waals surface area contributed by atoms with E-state index in [9.17, 15) is 9.59 Å². The molecule has 0 bridgehead atoms. The average molecular weight is 384 g/mol. The molecule has 0 aliphatic heterocycles. The predicted octanol–water partition coefficient (Wildman–Crippen LogP) is 3.23. The van der Waals surface area contributed by atoms with Crippen molar-refractivity contribution >= 4 is 11.9 Å². The SMILES string of the molecule is COC(=O)c1ccc(-c2ccc(C(C)N(C)CC(=O)N(C)C)cc2OC)cc1. The molecule has 0 heterocycles. The summed E-state index contributed by atoms with van der Waals surface area (Å²) in [6, 6.07) is 13.3. The van der Waals surface area contributed by atoms with E-state index in [-0.39, 0.29) is 17.9 Å². The third-order valence-electron chi connectivity index (χ3n) is 4.87. The Morgan fingerprint density at radius 1 is 1.00 bits per heavy atom. The van der Waals surface area contributed by atoms with E-state index < -0.39 is 0 Å². The second-order valence-electron chi connectivity index (χ2n) is 6.91. The monoisotopic (exact) mass is 384 g/mol. The lowest BCUT2D eigenvalue weighted by Gasteiger charge is -2.26. The maximum Gasteiger partial charge on any atom is 0.337 e. The smallest absolute Gasteiger partial charge is 0.337 e. The standard InChI is InChI=1S/C22H28N2O4/c1-15(24(4)14-21(25)23(2)3)18-11-12-19(20(13-18)27-5)16-7-9-17(10-8-16)22(26)28-6/h7-13,15H,14H2,1-6H3. The van der Waals surface area contributed by atoms with Gasteiger partial charge in [-0.3, -0.25) is 9.69 Å². The van der Waals surface area contributed by atoms with Crippen molar-refractivity contribution in [3.8, 4) is 16.9 Å². The van der Waals surface area contributed by atoms with E-state index in [1.165, 1.54) is 7.11 Å². The first-order valence-corrected chi connectivity index (χ1v) is 9.05. The van der Waals surface area contributed by atoms with Crippen molar-refractivity contribution in [1.29, 1.82) is 0 Å². The number of likely N-dealkylation sites (N-methyl/N-ethyl adjacent to an activating group) is 2. The van der Waals surface area contributed by atoms with Crippen molar-refractivity contribution in [2.24, 2.45) is 0 Å². The number of carbonyl (C=O) groups excluding carboxylic acids is 2. The highest BCUT2D eigenvalue weighted by atomic mass is 16.5. The van der Waals surface area contributed by atoms with Crippen molar-refractivity contribution in [1.82, 2.24) is 9.80 Å². The Hall–Kier alpha value is -2.86. The molecule has 0 spiro atoms.